The van der Waals surface area contributed by atoms with Gasteiger partial charge in [-0.2, -0.15) is 0 Å². The number of carbonyl (C=O) groups excluding carboxylic acids is 2. The Morgan fingerprint density at radius 2 is 1.83 bits per heavy atom. The van der Waals surface area contributed by atoms with E-state index in [4.69, 9.17) is 10.5 Å². The number of nitrogens with one attached hydrogen (secondary N) is 1. The zero-order valence-electron chi connectivity index (χ0n) is 11.2. The van der Waals surface area contributed by atoms with Gasteiger partial charge in [-0.15, -0.1) is 0 Å². The summed E-state index contributed by atoms with van der Waals surface area (Å²) < 4.78 is 5.00. The molecule has 0 saturated heterocycles. The molecule has 1 rings (SSSR count). The lowest BCUT2D eigenvalue weighted by atomic mass is 9.81. The lowest BCUT2D eigenvalue weighted by Gasteiger charge is -2.26. The lowest BCUT2D eigenvalue weighted by molar-refractivity contribution is -0.131. The molecule has 0 aromatic heterocycles. The topological polar surface area (TPSA) is 81.4 Å². The number of hydrogen-bond donors (Lipinski definition) is 2. The van der Waals surface area contributed by atoms with E-state index in [-0.39, 0.29) is 17.9 Å². The van der Waals surface area contributed by atoms with Gasteiger partial charge >= 0.3 is 0 Å². The van der Waals surface area contributed by atoms with E-state index in [0.717, 1.165) is 25.7 Å². The Labute approximate surface area is 108 Å². The molecular formula is C13H24N2O3. The highest BCUT2D eigenvalue weighted by atomic mass is 16.5. The second-order valence-electron chi connectivity index (χ2n) is 5.25. The number of rotatable bonds is 6. The Kier molecular flexibility index (Phi) is 6.12. The van der Waals surface area contributed by atoms with Gasteiger partial charge < -0.3 is 15.8 Å². The molecule has 1 aliphatic rings. The number of primary amides is 1. The highest BCUT2D eigenvalue weighted by Crippen LogP contribution is 2.34. The van der Waals surface area contributed by atoms with Crippen molar-refractivity contribution in [2.75, 3.05) is 19.8 Å². The predicted molar refractivity (Wildman–Crippen MR) is 68.8 cm³/mol. The monoisotopic (exact) mass is 256 g/mol. The van der Waals surface area contributed by atoms with Gasteiger partial charge in [-0.05, 0) is 12.8 Å². The van der Waals surface area contributed by atoms with Crippen LogP contribution in [0.2, 0.25) is 0 Å². The Morgan fingerprint density at radius 1 is 1.22 bits per heavy atom. The van der Waals surface area contributed by atoms with Crippen LogP contribution in [0.1, 0.15) is 45.4 Å². The fourth-order valence-corrected chi connectivity index (χ4v) is 2.36. The Bertz CT molecular complexity index is 284. The summed E-state index contributed by atoms with van der Waals surface area (Å²) in [4.78, 5) is 22.6. The molecule has 5 nitrogen and oxygen atoms in total. The summed E-state index contributed by atoms with van der Waals surface area (Å²) >= 11 is 0. The molecule has 0 radical (unpaired) electrons. The number of hydrogen-bond acceptors (Lipinski definition) is 3. The molecule has 0 aromatic rings. The highest BCUT2D eigenvalue weighted by Gasteiger charge is 2.32. The Morgan fingerprint density at radius 3 is 2.39 bits per heavy atom. The van der Waals surface area contributed by atoms with Gasteiger partial charge in [-0.1, -0.05) is 32.6 Å². The van der Waals surface area contributed by atoms with Gasteiger partial charge in [0.05, 0.1) is 6.61 Å². The first-order chi connectivity index (χ1) is 8.54. The highest BCUT2D eigenvalue weighted by molar-refractivity contribution is 5.82. The maximum atomic E-state index is 12.1. The molecule has 5 heteroatoms. The fourth-order valence-electron chi connectivity index (χ4n) is 2.36. The molecule has 0 aliphatic heterocycles. The number of ether oxygens (including phenoxy) is 1. The third kappa shape index (κ3) is 5.04. The van der Waals surface area contributed by atoms with Crippen LogP contribution in [0.25, 0.3) is 0 Å². The molecule has 2 amide bonds. The van der Waals surface area contributed by atoms with Gasteiger partial charge in [-0.3, -0.25) is 9.59 Å². The first kappa shape index (κ1) is 15.0. The molecule has 18 heavy (non-hydrogen) atoms. The first-order valence-corrected chi connectivity index (χ1v) is 6.69. The molecule has 104 valence electrons. The number of nitrogens with two attached hydrogens (primary N) is 1. The van der Waals surface area contributed by atoms with Crippen LogP contribution in [0, 0.1) is 5.41 Å². The molecule has 0 bridgehead atoms. The molecular weight excluding hydrogens is 232 g/mol. The standard InChI is InChI=1S/C13H24N2O3/c1-13(6-4-2-3-5-7-13)12(17)15-8-9-18-10-11(14)16/h2-10H2,1H3,(H2,14,16)(H,15,17). The van der Waals surface area contributed by atoms with Crippen molar-refractivity contribution in [3.63, 3.8) is 0 Å². The Hall–Kier alpha value is -1.10. The molecule has 1 fully saturated rings. The van der Waals surface area contributed by atoms with E-state index < -0.39 is 5.91 Å². The molecule has 3 N–H and O–H groups in total. The fraction of sp³-hybridized carbons (Fsp3) is 0.846. The van der Waals surface area contributed by atoms with Crippen LogP contribution < -0.4 is 11.1 Å². The number of amides is 2. The van der Waals surface area contributed by atoms with Crippen molar-refractivity contribution < 1.29 is 14.3 Å². The van der Waals surface area contributed by atoms with E-state index in [1.165, 1.54) is 12.8 Å². The molecule has 1 aliphatic carbocycles. The van der Waals surface area contributed by atoms with Gasteiger partial charge in [0, 0.05) is 12.0 Å². The van der Waals surface area contributed by atoms with E-state index in [0.29, 0.717) is 13.2 Å². The van der Waals surface area contributed by atoms with E-state index in [1.54, 1.807) is 0 Å². The van der Waals surface area contributed by atoms with Gasteiger partial charge in [0.2, 0.25) is 11.8 Å². The van der Waals surface area contributed by atoms with Crippen molar-refractivity contribution in [1.82, 2.24) is 5.32 Å². The van der Waals surface area contributed by atoms with Crippen LogP contribution in [0.15, 0.2) is 0 Å². The summed E-state index contributed by atoms with van der Waals surface area (Å²) in [5, 5.41) is 2.88. The zero-order chi connectivity index (χ0) is 13.4. The maximum absolute atomic E-state index is 12.1. The van der Waals surface area contributed by atoms with Crippen molar-refractivity contribution in [2.24, 2.45) is 11.1 Å². The molecule has 1 saturated carbocycles. The lowest BCUT2D eigenvalue weighted by Crippen LogP contribution is -2.40. The molecule has 0 aromatic carbocycles. The predicted octanol–water partition coefficient (Wildman–Crippen LogP) is 0.965. The van der Waals surface area contributed by atoms with E-state index in [1.807, 2.05) is 6.92 Å². The van der Waals surface area contributed by atoms with Crippen molar-refractivity contribution in [3.8, 4) is 0 Å². The van der Waals surface area contributed by atoms with Crippen molar-refractivity contribution in [1.29, 1.82) is 0 Å². The summed E-state index contributed by atoms with van der Waals surface area (Å²) in [5.74, 6) is -0.385. The quantitative estimate of drug-likeness (QED) is 0.548. The average molecular weight is 256 g/mol. The summed E-state index contributed by atoms with van der Waals surface area (Å²) in [6.45, 7) is 2.71. The van der Waals surface area contributed by atoms with Gasteiger partial charge in [0.25, 0.3) is 0 Å². The minimum Gasteiger partial charge on any atom is -0.370 e. The van der Waals surface area contributed by atoms with Crippen LogP contribution in [0.3, 0.4) is 0 Å². The van der Waals surface area contributed by atoms with E-state index in [9.17, 15) is 9.59 Å². The van der Waals surface area contributed by atoms with Crippen LogP contribution in [0.5, 0.6) is 0 Å². The van der Waals surface area contributed by atoms with E-state index >= 15 is 0 Å². The molecule has 0 heterocycles. The van der Waals surface area contributed by atoms with Crippen LogP contribution in [0.4, 0.5) is 0 Å². The van der Waals surface area contributed by atoms with Crippen LogP contribution >= 0.6 is 0 Å². The van der Waals surface area contributed by atoms with Gasteiger partial charge in [0.15, 0.2) is 0 Å². The zero-order valence-corrected chi connectivity index (χ0v) is 11.2. The van der Waals surface area contributed by atoms with Crippen LogP contribution in [-0.4, -0.2) is 31.6 Å². The summed E-state index contributed by atoms with van der Waals surface area (Å²) in [6.07, 6.45) is 6.63. The van der Waals surface area contributed by atoms with Crippen LogP contribution in [-0.2, 0) is 14.3 Å². The summed E-state index contributed by atoms with van der Waals surface area (Å²) in [5.41, 5.74) is 4.70. The summed E-state index contributed by atoms with van der Waals surface area (Å²) in [7, 11) is 0. The maximum Gasteiger partial charge on any atom is 0.243 e. The second kappa shape index (κ2) is 7.36. The third-order valence-corrected chi connectivity index (χ3v) is 3.53. The van der Waals surface area contributed by atoms with Crippen molar-refractivity contribution in [2.45, 2.75) is 45.4 Å². The van der Waals surface area contributed by atoms with Crippen molar-refractivity contribution >= 4 is 11.8 Å². The third-order valence-electron chi connectivity index (χ3n) is 3.53. The molecule has 0 spiro atoms. The Balaban J connectivity index is 2.24. The molecule has 0 atom stereocenters. The minimum atomic E-state index is -0.489. The first-order valence-electron chi connectivity index (χ1n) is 6.69. The van der Waals surface area contributed by atoms with Crippen molar-refractivity contribution in [3.05, 3.63) is 0 Å². The normalized spacial score (nSPS) is 18.9. The second-order valence-corrected chi connectivity index (χ2v) is 5.25. The average Bonchev–Trinajstić information content (AvgIpc) is 2.54. The van der Waals surface area contributed by atoms with Gasteiger partial charge in [0.1, 0.15) is 6.61 Å². The smallest absolute Gasteiger partial charge is 0.243 e. The number of carbonyl (C=O) groups is 2. The SMILES string of the molecule is CC1(C(=O)NCCOCC(N)=O)CCCCCC1. The summed E-state index contributed by atoms with van der Waals surface area (Å²) in [6, 6.07) is 0. The minimum absolute atomic E-state index is 0.0901. The van der Waals surface area contributed by atoms with Gasteiger partial charge in [-0.25, -0.2) is 0 Å². The molecule has 0 unspecified atom stereocenters. The largest absolute Gasteiger partial charge is 0.370 e. The van der Waals surface area contributed by atoms with E-state index in [2.05, 4.69) is 5.32 Å².